The molecule has 0 aliphatic heterocycles. The summed E-state index contributed by atoms with van der Waals surface area (Å²) in [7, 11) is 0. The number of carbonyl (C=O) groups excluding carboxylic acids is 1. The van der Waals surface area contributed by atoms with Crippen molar-refractivity contribution in [1.82, 2.24) is 40.1 Å². The van der Waals surface area contributed by atoms with Gasteiger partial charge in [0.25, 0.3) is 0 Å². The normalized spacial score (nSPS) is 11.2. The monoisotopic (exact) mass is 541 g/mol. The predicted molar refractivity (Wildman–Crippen MR) is 152 cm³/mol. The van der Waals surface area contributed by atoms with E-state index in [4.69, 9.17) is 0 Å². The van der Waals surface area contributed by atoms with Gasteiger partial charge in [-0.25, -0.2) is 14.4 Å². The Morgan fingerprint density at radius 1 is 0.878 bits per heavy atom. The first-order valence-corrected chi connectivity index (χ1v) is 12.7. The van der Waals surface area contributed by atoms with Gasteiger partial charge in [0.15, 0.2) is 17.3 Å². The Kier molecular flexibility index (Phi) is 5.93. The van der Waals surface area contributed by atoms with E-state index in [0.29, 0.717) is 39.4 Å². The number of anilines is 1. The summed E-state index contributed by atoms with van der Waals surface area (Å²) < 4.78 is 16.1. The fourth-order valence-corrected chi connectivity index (χ4v) is 4.77. The molecular formula is C30H20FN9O. The molecule has 0 unspecified atom stereocenters. The number of nitrogens with zero attached hydrogens (tertiary/aromatic N) is 6. The molecule has 41 heavy (non-hydrogen) atoms. The highest BCUT2D eigenvalue weighted by molar-refractivity contribution is 5.97. The lowest BCUT2D eigenvalue weighted by atomic mass is 10.1. The summed E-state index contributed by atoms with van der Waals surface area (Å²) in [5.74, 6) is -0.444. The summed E-state index contributed by atoms with van der Waals surface area (Å²) in [5, 5.41) is 10.2. The molecule has 11 heteroatoms. The van der Waals surface area contributed by atoms with Crippen LogP contribution in [0.2, 0.25) is 0 Å². The van der Waals surface area contributed by atoms with E-state index in [1.165, 1.54) is 18.6 Å². The van der Waals surface area contributed by atoms with Crippen LogP contribution in [0.3, 0.4) is 0 Å². The first-order valence-electron chi connectivity index (χ1n) is 12.7. The fraction of sp³-hybridized carbons (Fsp3) is 0.0333. The number of carbonyl (C=O) groups is 1. The van der Waals surface area contributed by atoms with Gasteiger partial charge in [0, 0.05) is 35.9 Å². The largest absolute Gasteiger partial charge is 0.335 e. The predicted octanol–water partition coefficient (Wildman–Crippen LogP) is 5.34. The third-order valence-corrected chi connectivity index (χ3v) is 6.66. The van der Waals surface area contributed by atoms with E-state index in [9.17, 15) is 4.79 Å². The van der Waals surface area contributed by atoms with Crippen molar-refractivity contribution in [2.75, 3.05) is 5.32 Å². The van der Waals surface area contributed by atoms with Gasteiger partial charge in [0.05, 0.1) is 40.9 Å². The maximum Gasteiger partial charge on any atom is 0.228 e. The number of nitrogens with one attached hydrogen (secondary N) is 3. The molecule has 0 fully saturated rings. The molecule has 0 atom stereocenters. The lowest BCUT2D eigenvalue weighted by Gasteiger charge is -2.08. The molecule has 0 aliphatic carbocycles. The van der Waals surface area contributed by atoms with E-state index in [0.717, 1.165) is 16.7 Å². The maximum atomic E-state index is 16.1. The molecule has 10 nitrogen and oxygen atoms in total. The summed E-state index contributed by atoms with van der Waals surface area (Å²) in [6.07, 6.45) is 9.81. The van der Waals surface area contributed by atoms with E-state index in [-0.39, 0.29) is 23.4 Å². The Morgan fingerprint density at radius 2 is 1.73 bits per heavy atom. The number of rotatable bonds is 6. The van der Waals surface area contributed by atoms with Crippen LogP contribution in [0.15, 0.2) is 91.8 Å². The number of pyridine rings is 4. The van der Waals surface area contributed by atoms with Crippen molar-refractivity contribution in [1.29, 1.82) is 0 Å². The molecule has 0 radical (unpaired) electrons. The van der Waals surface area contributed by atoms with Gasteiger partial charge < -0.3 is 10.3 Å². The highest BCUT2D eigenvalue weighted by Gasteiger charge is 2.21. The van der Waals surface area contributed by atoms with Gasteiger partial charge in [-0.2, -0.15) is 5.10 Å². The second-order valence-electron chi connectivity index (χ2n) is 9.33. The minimum atomic E-state index is -0.594. The number of fused-ring (bicyclic) bond motifs is 2. The highest BCUT2D eigenvalue weighted by Crippen LogP contribution is 2.34. The number of aromatic nitrogens is 8. The Morgan fingerprint density at radius 3 is 2.59 bits per heavy atom. The molecule has 0 bridgehead atoms. The Hall–Kier alpha value is -5.84. The Labute approximate surface area is 231 Å². The van der Waals surface area contributed by atoms with Crippen LogP contribution in [0.25, 0.3) is 56.0 Å². The number of H-pyrrole nitrogens is 2. The average molecular weight is 542 g/mol. The van der Waals surface area contributed by atoms with Crippen LogP contribution in [0.4, 0.5) is 10.1 Å². The van der Waals surface area contributed by atoms with Gasteiger partial charge in [-0.15, -0.1) is 0 Å². The van der Waals surface area contributed by atoms with Crippen LogP contribution in [-0.4, -0.2) is 46.0 Å². The quantitative estimate of drug-likeness (QED) is 0.258. The topological polar surface area (TPSA) is 138 Å². The van der Waals surface area contributed by atoms with Crippen LogP contribution in [0.1, 0.15) is 5.56 Å². The van der Waals surface area contributed by atoms with Crippen LogP contribution in [-0.2, 0) is 11.2 Å². The van der Waals surface area contributed by atoms with Crippen molar-refractivity contribution in [3.05, 3.63) is 103 Å². The molecule has 7 aromatic rings. The third kappa shape index (κ3) is 4.55. The zero-order valence-corrected chi connectivity index (χ0v) is 21.3. The van der Waals surface area contributed by atoms with Gasteiger partial charge in [-0.05, 0) is 35.4 Å². The van der Waals surface area contributed by atoms with E-state index >= 15 is 4.39 Å². The second-order valence-corrected chi connectivity index (χ2v) is 9.33. The van der Waals surface area contributed by atoms with Crippen LogP contribution < -0.4 is 5.32 Å². The van der Waals surface area contributed by atoms with Crippen LogP contribution in [0, 0.1) is 5.82 Å². The number of halogens is 1. The molecule has 1 amide bonds. The van der Waals surface area contributed by atoms with Gasteiger partial charge in [-0.1, -0.05) is 30.3 Å². The summed E-state index contributed by atoms with van der Waals surface area (Å²) in [5.41, 5.74) is 5.48. The number of hydrogen-bond donors (Lipinski definition) is 3. The molecule has 0 saturated heterocycles. The first-order chi connectivity index (χ1) is 20.1. The van der Waals surface area contributed by atoms with E-state index in [2.05, 4.69) is 45.4 Å². The van der Waals surface area contributed by atoms with Gasteiger partial charge in [-0.3, -0.25) is 24.8 Å². The second kappa shape index (κ2) is 10.0. The van der Waals surface area contributed by atoms with Crippen LogP contribution in [0.5, 0.6) is 0 Å². The molecule has 1 aromatic carbocycles. The van der Waals surface area contributed by atoms with Crippen molar-refractivity contribution in [3.8, 4) is 33.9 Å². The number of aromatic amines is 2. The molecule has 0 aliphatic rings. The molecule has 0 saturated carbocycles. The molecule has 7 rings (SSSR count). The third-order valence-electron chi connectivity index (χ3n) is 6.66. The number of hydrogen-bond acceptors (Lipinski definition) is 7. The summed E-state index contributed by atoms with van der Waals surface area (Å²) in [6, 6.07) is 16.7. The number of imidazole rings is 1. The summed E-state index contributed by atoms with van der Waals surface area (Å²) >= 11 is 0. The van der Waals surface area contributed by atoms with Crippen molar-refractivity contribution in [2.45, 2.75) is 6.42 Å². The minimum absolute atomic E-state index is 0.0681. The number of benzene rings is 1. The van der Waals surface area contributed by atoms with Crippen molar-refractivity contribution < 1.29 is 9.18 Å². The minimum Gasteiger partial charge on any atom is -0.335 e. The van der Waals surface area contributed by atoms with Gasteiger partial charge in [0.2, 0.25) is 5.91 Å². The summed E-state index contributed by atoms with van der Waals surface area (Å²) in [4.78, 5) is 37.4. The van der Waals surface area contributed by atoms with E-state index in [1.54, 1.807) is 24.7 Å². The number of amides is 1. The SMILES string of the molecule is O=C(Cc1ccccc1)Nc1cncc(-c2ncc3[nH]nc(-c4nc5nccc(-c6ccncc6)c5[nH]4)c3c2F)c1. The lowest BCUT2D eigenvalue weighted by Crippen LogP contribution is -2.14. The Balaban J connectivity index is 1.24. The van der Waals surface area contributed by atoms with Crippen molar-refractivity contribution >= 4 is 33.7 Å². The molecular weight excluding hydrogens is 521 g/mol. The average Bonchev–Trinajstić information content (AvgIpc) is 3.63. The zero-order valence-electron chi connectivity index (χ0n) is 21.3. The highest BCUT2D eigenvalue weighted by atomic mass is 19.1. The molecule has 3 N–H and O–H groups in total. The van der Waals surface area contributed by atoms with Crippen LogP contribution >= 0.6 is 0 Å². The van der Waals surface area contributed by atoms with Crippen molar-refractivity contribution in [3.63, 3.8) is 0 Å². The van der Waals surface area contributed by atoms with Gasteiger partial charge >= 0.3 is 0 Å². The molecule has 6 heterocycles. The van der Waals surface area contributed by atoms with Gasteiger partial charge in [0.1, 0.15) is 11.4 Å². The lowest BCUT2D eigenvalue weighted by molar-refractivity contribution is -0.115. The summed E-state index contributed by atoms with van der Waals surface area (Å²) in [6.45, 7) is 0. The smallest absolute Gasteiger partial charge is 0.228 e. The fourth-order valence-electron chi connectivity index (χ4n) is 4.77. The molecule has 6 aromatic heterocycles. The van der Waals surface area contributed by atoms with E-state index in [1.807, 2.05) is 48.5 Å². The Bertz CT molecular complexity index is 2040. The standard InChI is InChI=1S/C30H20FN9O/c31-25-24-22(16-35-26(25)19-13-20(15-33-14-19)36-23(41)12-17-4-2-1-3-5-17)39-40-28(24)30-37-27-21(8-11-34-29(27)38-30)18-6-9-32-10-7-18/h1-11,13-16H,12H2,(H,36,41)(H,39,40)(H,34,37,38). The first kappa shape index (κ1) is 24.2. The van der Waals surface area contributed by atoms with Crippen molar-refractivity contribution in [2.24, 2.45) is 0 Å². The molecule has 0 spiro atoms. The van der Waals surface area contributed by atoms with E-state index < -0.39 is 5.82 Å². The zero-order chi connectivity index (χ0) is 27.8. The maximum absolute atomic E-state index is 16.1. The molecule has 198 valence electrons.